The van der Waals surface area contributed by atoms with Crippen LogP contribution in [0.4, 0.5) is 0 Å². The van der Waals surface area contributed by atoms with Crippen LogP contribution in [0.25, 0.3) is 0 Å². The lowest BCUT2D eigenvalue weighted by molar-refractivity contribution is 0.183. The van der Waals surface area contributed by atoms with Crippen molar-refractivity contribution >= 4 is 11.6 Å². The summed E-state index contributed by atoms with van der Waals surface area (Å²) in [7, 11) is 1.69. The van der Waals surface area contributed by atoms with Gasteiger partial charge in [0.1, 0.15) is 0 Å². The van der Waals surface area contributed by atoms with Crippen molar-refractivity contribution in [3.63, 3.8) is 0 Å². The Morgan fingerprint density at radius 1 is 1.47 bits per heavy atom. The summed E-state index contributed by atoms with van der Waals surface area (Å²) in [5.41, 5.74) is 1.10. The van der Waals surface area contributed by atoms with Crippen LogP contribution in [0.1, 0.15) is 24.3 Å². The van der Waals surface area contributed by atoms with Gasteiger partial charge in [0.25, 0.3) is 0 Å². The van der Waals surface area contributed by atoms with E-state index in [2.05, 4.69) is 0 Å². The van der Waals surface area contributed by atoms with Crippen molar-refractivity contribution in [3.8, 4) is 0 Å². The predicted molar refractivity (Wildman–Crippen MR) is 62.4 cm³/mol. The quantitative estimate of drug-likeness (QED) is 0.759. The monoisotopic (exact) mass is 228 g/mol. The molecule has 0 radical (unpaired) electrons. The Kier molecular flexibility index (Phi) is 5.69. The fourth-order valence-electron chi connectivity index (χ4n) is 1.60. The highest BCUT2D eigenvalue weighted by atomic mass is 35.5. The number of aliphatic hydroxyl groups is 1. The first kappa shape index (κ1) is 12.5. The van der Waals surface area contributed by atoms with Gasteiger partial charge in [-0.3, -0.25) is 0 Å². The van der Waals surface area contributed by atoms with Crippen LogP contribution < -0.4 is 0 Å². The smallest absolute Gasteiger partial charge is 0.0499 e. The van der Waals surface area contributed by atoms with Crippen LogP contribution in [0.2, 0.25) is 5.02 Å². The number of ether oxygens (including phenoxy) is 1. The molecule has 3 heteroatoms. The van der Waals surface area contributed by atoms with Gasteiger partial charge in [-0.2, -0.15) is 0 Å². The Morgan fingerprint density at radius 2 is 2.27 bits per heavy atom. The molecule has 1 N–H and O–H groups in total. The van der Waals surface area contributed by atoms with E-state index < -0.39 is 0 Å². The van der Waals surface area contributed by atoms with Gasteiger partial charge >= 0.3 is 0 Å². The Balaban J connectivity index is 2.57. The molecule has 0 aliphatic heterocycles. The fourth-order valence-corrected chi connectivity index (χ4v) is 1.80. The van der Waals surface area contributed by atoms with Gasteiger partial charge in [0.2, 0.25) is 0 Å². The summed E-state index contributed by atoms with van der Waals surface area (Å²) in [6, 6.07) is 7.67. The van der Waals surface area contributed by atoms with Gasteiger partial charge in [-0.1, -0.05) is 23.7 Å². The van der Waals surface area contributed by atoms with Crippen LogP contribution in [-0.4, -0.2) is 25.4 Å². The molecule has 1 atom stereocenters. The summed E-state index contributed by atoms with van der Waals surface area (Å²) in [6.07, 6.45) is 1.87. The normalized spacial score (nSPS) is 12.7. The molecule has 0 aromatic heterocycles. The number of aliphatic hydroxyl groups excluding tert-OH is 1. The van der Waals surface area contributed by atoms with Crippen LogP contribution in [0.5, 0.6) is 0 Å². The maximum absolute atomic E-state index is 9.29. The second kappa shape index (κ2) is 6.83. The molecular formula is C12H17ClO2. The minimum atomic E-state index is 0.157. The Labute approximate surface area is 95.8 Å². The first-order valence-corrected chi connectivity index (χ1v) is 5.51. The largest absolute Gasteiger partial charge is 0.396 e. The van der Waals surface area contributed by atoms with E-state index in [1.165, 1.54) is 0 Å². The summed E-state index contributed by atoms with van der Waals surface area (Å²) < 4.78 is 4.99. The topological polar surface area (TPSA) is 29.5 Å². The average molecular weight is 229 g/mol. The lowest BCUT2D eigenvalue weighted by Crippen LogP contribution is -2.05. The predicted octanol–water partition coefficient (Wildman–Crippen LogP) is 2.84. The zero-order valence-electron chi connectivity index (χ0n) is 8.95. The zero-order chi connectivity index (χ0) is 11.1. The van der Waals surface area contributed by atoms with E-state index in [0.717, 1.165) is 30.0 Å². The van der Waals surface area contributed by atoms with Crippen LogP contribution in [0.15, 0.2) is 24.3 Å². The molecule has 0 spiro atoms. The van der Waals surface area contributed by atoms with Gasteiger partial charge in [-0.05, 0) is 30.5 Å². The molecule has 0 heterocycles. The van der Waals surface area contributed by atoms with Crippen LogP contribution in [-0.2, 0) is 4.74 Å². The third-order valence-corrected chi connectivity index (χ3v) is 2.68. The van der Waals surface area contributed by atoms with E-state index in [0.29, 0.717) is 0 Å². The third-order valence-electron chi connectivity index (χ3n) is 2.44. The highest BCUT2D eigenvalue weighted by molar-refractivity contribution is 6.30. The highest BCUT2D eigenvalue weighted by Gasteiger charge is 2.10. The number of halogens is 1. The molecule has 0 amide bonds. The molecule has 2 nitrogen and oxygen atoms in total. The second-order valence-electron chi connectivity index (χ2n) is 3.57. The van der Waals surface area contributed by atoms with Crippen molar-refractivity contribution in [1.29, 1.82) is 0 Å². The summed E-state index contributed by atoms with van der Waals surface area (Å²) in [6.45, 7) is 0.890. The Morgan fingerprint density at radius 3 is 2.87 bits per heavy atom. The van der Waals surface area contributed by atoms with Gasteiger partial charge in [-0.15, -0.1) is 0 Å². The van der Waals surface area contributed by atoms with Crippen molar-refractivity contribution in [2.24, 2.45) is 0 Å². The SMILES string of the molecule is COCCCC(CO)c1cccc(Cl)c1. The van der Waals surface area contributed by atoms with E-state index in [4.69, 9.17) is 16.3 Å². The minimum Gasteiger partial charge on any atom is -0.396 e. The summed E-state index contributed by atoms with van der Waals surface area (Å²) >= 11 is 5.90. The third kappa shape index (κ3) is 4.20. The fraction of sp³-hybridized carbons (Fsp3) is 0.500. The number of benzene rings is 1. The van der Waals surface area contributed by atoms with E-state index in [-0.39, 0.29) is 12.5 Å². The number of hydrogen-bond acceptors (Lipinski definition) is 2. The van der Waals surface area contributed by atoms with Gasteiger partial charge in [0.05, 0.1) is 0 Å². The number of rotatable bonds is 6. The summed E-state index contributed by atoms with van der Waals surface area (Å²) in [5, 5.41) is 10.0. The molecule has 0 fully saturated rings. The van der Waals surface area contributed by atoms with Crippen LogP contribution in [0, 0.1) is 0 Å². The molecule has 0 aliphatic carbocycles. The first-order valence-electron chi connectivity index (χ1n) is 5.13. The molecule has 15 heavy (non-hydrogen) atoms. The van der Waals surface area contributed by atoms with E-state index in [9.17, 15) is 5.11 Å². The molecular weight excluding hydrogens is 212 g/mol. The van der Waals surface area contributed by atoms with Crippen molar-refractivity contribution in [3.05, 3.63) is 34.9 Å². The molecule has 84 valence electrons. The molecule has 1 aromatic rings. The van der Waals surface area contributed by atoms with Crippen LogP contribution in [0.3, 0.4) is 0 Å². The Bertz CT molecular complexity index is 289. The van der Waals surface area contributed by atoms with Gasteiger partial charge in [-0.25, -0.2) is 0 Å². The average Bonchev–Trinajstić information content (AvgIpc) is 2.24. The first-order chi connectivity index (χ1) is 7.27. The maximum Gasteiger partial charge on any atom is 0.0499 e. The highest BCUT2D eigenvalue weighted by Crippen LogP contribution is 2.23. The van der Waals surface area contributed by atoms with E-state index in [1.807, 2.05) is 24.3 Å². The van der Waals surface area contributed by atoms with Crippen molar-refractivity contribution in [1.82, 2.24) is 0 Å². The molecule has 1 rings (SSSR count). The Hall–Kier alpha value is -0.570. The molecule has 0 aliphatic rings. The van der Waals surface area contributed by atoms with E-state index in [1.54, 1.807) is 7.11 Å². The zero-order valence-corrected chi connectivity index (χ0v) is 9.70. The van der Waals surface area contributed by atoms with Gasteiger partial charge in [0, 0.05) is 31.3 Å². The molecule has 1 aromatic carbocycles. The minimum absolute atomic E-state index is 0.157. The number of methoxy groups -OCH3 is 1. The van der Waals surface area contributed by atoms with Crippen molar-refractivity contribution < 1.29 is 9.84 Å². The number of hydrogen-bond donors (Lipinski definition) is 1. The van der Waals surface area contributed by atoms with Crippen LogP contribution >= 0.6 is 11.6 Å². The maximum atomic E-state index is 9.29. The van der Waals surface area contributed by atoms with Gasteiger partial charge in [0.15, 0.2) is 0 Å². The van der Waals surface area contributed by atoms with Crippen molar-refractivity contribution in [2.45, 2.75) is 18.8 Å². The second-order valence-corrected chi connectivity index (χ2v) is 4.01. The summed E-state index contributed by atoms with van der Waals surface area (Å²) in [4.78, 5) is 0. The molecule has 0 saturated heterocycles. The van der Waals surface area contributed by atoms with Crippen molar-refractivity contribution in [2.75, 3.05) is 20.3 Å². The lowest BCUT2D eigenvalue weighted by atomic mass is 9.95. The molecule has 0 bridgehead atoms. The lowest BCUT2D eigenvalue weighted by Gasteiger charge is -2.14. The standard InChI is InChI=1S/C12H17ClO2/c1-15-7-3-5-11(9-14)10-4-2-6-12(13)8-10/h2,4,6,8,11,14H,3,5,7,9H2,1H3. The summed E-state index contributed by atoms with van der Waals surface area (Å²) in [5.74, 6) is 0.166. The van der Waals surface area contributed by atoms with Gasteiger partial charge < -0.3 is 9.84 Å². The molecule has 1 unspecified atom stereocenters. The molecule has 0 saturated carbocycles. The van der Waals surface area contributed by atoms with E-state index >= 15 is 0 Å².